The average molecular weight is 534 g/mol. The van der Waals surface area contributed by atoms with Gasteiger partial charge in [-0.05, 0) is 6.42 Å². The van der Waals surface area contributed by atoms with E-state index in [1.807, 2.05) is 0 Å². The first-order chi connectivity index (χ1) is 18.6. The van der Waals surface area contributed by atoms with E-state index >= 15 is 0 Å². The normalized spacial score (nSPS) is 12.0. The van der Waals surface area contributed by atoms with Crippen molar-refractivity contribution in [2.45, 2.75) is 173 Å². The van der Waals surface area contributed by atoms with Crippen LogP contribution in [-0.2, 0) is 16.0 Å². The highest BCUT2D eigenvalue weighted by Gasteiger charge is 2.20. The van der Waals surface area contributed by atoms with Gasteiger partial charge >= 0.3 is 5.97 Å². The topological polar surface area (TPSA) is 95.1 Å². The van der Waals surface area contributed by atoms with Crippen molar-refractivity contribution in [1.29, 1.82) is 0 Å². The van der Waals surface area contributed by atoms with Crippen LogP contribution in [0.1, 0.15) is 167 Å². The Labute approximate surface area is 233 Å². The Bertz CT molecular complexity index is 663. The van der Waals surface area contributed by atoms with Crippen LogP contribution in [0, 0.1) is 0 Å². The summed E-state index contributed by atoms with van der Waals surface area (Å²) in [5, 5.41) is 12.0. The molecule has 38 heavy (non-hydrogen) atoms. The van der Waals surface area contributed by atoms with Crippen molar-refractivity contribution in [3.05, 3.63) is 18.2 Å². The lowest BCUT2D eigenvalue weighted by Gasteiger charge is -2.13. The number of H-pyrrole nitrogens is 1. The Kier molecular flexibility index (Phi) is 22.9. The molecule has 1 aromatic heterocycles. The van der Waals surface area contributed by atoms with Gasteiger partial charge < -0.3 is 15.4 Å². The lowest BCUT2D eigenvalue weighted by molar-refractivity contribution is -0.141. The summed E-state index contributed by atoms with van der Waals surface area (Å²) in [4.78, 5) is 30.3. The third-order valence-electron chi connectivity index (χ3n) is 7.62. The van der Waals surface area contributed by atoms with Gasteiger partial charge in [-0.3, -0.25) is 4.79 Å². The summed E-state index contributed by atoms with van der Waals surface area (Å²) >= 11 is 0. The Morgan fingerprint density at radius 1 is 0.711 bits per heavy atom. The van der Waals surface area contributed by atoms with Gasteiger partial charge in [-0.2, -0.15) is 0 Å². The molecule has 3 N–H and O–H groups in total. The fraction of sp³-hybridized carbons (Fsp3) is 0.844. The Morgan fingerprint density at radius 3 is 1.45 bits per heavy atom. The van der Waals surface area contributed by atoms with Crippen molar-refractivity contribution in [3.8, 4) is 0 Å². The van der Waals surface area contributed by atoms with Gasteiger partial charge in [0.2, 0.25) is 5.91 Å². The summed E-state index contributed by atoms with van der Waals surface area (Å²) in [5.41, 5.74) is 0.706. The zero-order valence-corrected chi connectivity index (χ0v) is 24.6. The number of rotatable bonds is 28. The fourth-order valence-corrected chi connectivity index (χ4v) is 5.15. The highest BCUT2D eigenvalue weighted by Crippen LogP contribution is 2.15. The summed E-state index contributed by atoms with van der Waals surface area (Å²) in [6.45, 7) is 2.29. The zero-order valence-electron chi connectivity index (χ0n) is 24.6. The third-order valence-corrected chi connectivity index (χ3v) is 7.62. The second-order valence-corrected chi connectivity index (χ2v) is 11.3. The molecule has 0 saturated carbocycles. The molecule has 1 heterocycles. The van der Waals surface area contributed by atoms with E-state index in [9.17, 15) is 14.7 Å². The van der Waals surface area contributed by atoms with Crippen LogP contribution in [0.5, 0.6) is 0 Å². The van der Waals surface area contributed by atoms with Crippen molar-refractivity contribution < 1.29 is 14.7 Å². The minimum Gasteiger partial charge on any atom is -0.480 e. The van der Waals surface area contributed by atoms with Crippen LogP contribution in [0.3, 0.4) is 0 Å². The molecule has 0 aromatic carbocycles. The lowest BCUT2D eigenvalue weighted by Crippen LogP contribution is -2.42. The number of imidazole rings is 1. The molecule has 0 fully saturated rings. The molecule has 220 valence electrons. The number of carboxylic acids is 1. The number of aromatic amines is 1. The van der Waals surface area contributed by atoms with Crippen molar-refractivity contribution >= 4 is 11.9 Å². The first kappa shape index (κ1) is 34.2. The molecule has 0 bridgehead atoms. The number of aliphatic carboxylic acids is 1. The molecule has 1 aromatic rings. The zero-order chi connectivity index (χ0) is 27.5. The van der Waals surface area contributed by atoms with Gasteiger partial charge in [0.15, 0.2) is 0 Å². The first-order valence-electron chi connectivity index (χ1n) is 16.1. The molecular weight excluding hydrogens is 474 g/mol. The highest BCUT2D eigenvalue weighted by molar-refractivity contribution is 5.83. The number of nitrogens with zero attached hydrogens (tertiary/aromatic N) is 1. The van der Waals surface area contributed by atoms with Crippen molar-refractivity contribution in [2.75, 3.05) is 0 Å². The first-order valence-corrected chi connectivity index (χ1v) is 16.1. The molecule has 1 rings (SSSR count). The van der Waals surface area contributed by atoms with Crippen LogP contribution in [0.15, 0.2) is 12.5 Å². The van der Waals surface area contributed by atoms with Crippen LogP contribution in [0.2, 0.25) is 0 Å². The van der Waals surface area contributed by atoms with Gasteiger partial charge in [0.05, 0.1) is 6.33 Å². The van der Waals surface area contributed by atoms with Crippen LogP contribution in [0.4, 0.5) is 0 Å². The van der Waals surface area contributed by atoms with Gasteiger partial charge in [0, 0.05) is 24.7 Å². The van der Waals surface area contributed by atoms with Gasteiger partial charge in [0.25, 0.3) is 0 Å². The molecule has 0 aliphatic heterocycles. The SMILES string of the molecule is CCCCCCCCCCCCCCCCCCCCCCCCCC(=O)N[C@@H](Cc1cnc[nH]1)C(=O)O. The maximum Gasteiger partial charge on any atom is 0.326 e. The van der Waals surface area contributed by atoms with Gasteiger partial charge in [-0.15, -0.1) is 0 Å². The summed E-state index contributed by atoms with van der Waals surface area (Å²) in [5.74, 6) is -1.20. The number of nitrogens with one attached hydrogen (secondary N) is 2. The minimum atomic E-state index is -1.02. The smallest absolute Gasteiger partial charge is 0.326 e. The number of hydrogen-bond donors (Lipinski definition) is 3. The van der Waals surface area contributed by atoms with E-state index in [1.165, 1.54) is 135 Å². The van der Waals surface area contributed by atoms with E-state index in [4.69, 9.17) is 0 Å². The molecule has 0 saturated heterocycles. The number of amides is 1. The fourth-order valence-electron chi connectivity index (χ4n) is 5.15. The predicted octanol–water partition coefficient (Wildman–Crippen LogP) is 8.90. The summed E-state index contributed by atoms with van der Waals surface area (Å²) in [7, 11) is 0. The molecule has 0 unspecified atom stereocenters. The van der Waals surface area contributed by atoms with Crippen LogP contribution in [0.25, 0.3) is 0 Å². The molecule has 0 aliphatic rings. The second kappa shape index (κ2) is 25.4. The maximum absolute atomic E-state index is 12.1. The Hall–Kier alpha value is -1.85. The number of aromatic nitrogens is 2. The number of carboxylic acid groups (broad SMARTS) is 1. The molecule has 0 aliphatic carbocycles. The predicted molar refractivity (Wildman–Crippen MR) is 158 cm³/mol. The third kappa shape index (κ3) is 21.1. The Morgan fingerprint density at radius 2 is 1.11 bits per heavy atom. The molecule has 1 amide bonds. The standard InChI is InChI=1S/C32H59N3O3/c1-2-3-4-5-6-7-8-9-10-11-12-13-14-15-16-17-18-19-20-21-22-23-24-25-31(36)35-30(32(37)38)26-29-27-33-28-34-29/h27-28,30H,2-26H2,1H3,(H,33,34)(H,35,36)(H,37,38)/t30-/m0/s1. The molecule has 0 spiro atoms. The molecule has 1 atom stereocenters. The molecule has 0 radical (unpaired) electrons. The number of hydrogen-bond acceptors (Lipinski definition) is 3. The lowest BCUT2D eigenvalue weighted by atomic mass is 10.0. The molecular formula is C32H59N3O3. The van der Waals surface area contributed by atoms with E-state index in [2.05, 4.69) is 22.2 Å². The summed E-state index contributed by atoms with van der Waals surface area (Å²) in [6, 6.07) is -0.910. The number of carbonyl (C=O) groups is 2. The number of unbranched alkanes of at least 4 members (excludes halogenated alkanes) is 22. The van der Waals surface area contributed by atoms with Crippen LogP contribution >= 0.6 is 0 Å². The maximum atomic E-state index is 12.1. The Balaban J connectivity index is 1.78. The van der Waals surface area contributed by atoms with Gasteiger partial charge in [0.1, 0.15) is 6.04 Å². The van der Waals surface area contributed by atoms with E-state index < -0.39 is 12.0 Å². The molecule has 6 nitrogen and oxygen atoms in total. The van der Waals surface area contributed by atoms with Crippen LogP contribution < -0.4 is 5.32 Å². The van der Waals surface area contributed by atoms with E-state index in [0.717, 1.165) is 19.3 Å². The summed E-state index contributed by atoms with van der Waals surface area (Å²) < 4.78 is 0. The summed E-state index contributed by atoms with van der Waals surface area (Å²) in [6.07, 6.45) is 34.7. The van der Waals surface area contributed by atoms with Crippen molar-refractivity contribution in [1.82, 2.24) is 15.3 Å². The monoisotopic (exact) mass is 533 g/mol. The van der Waals surface area contributed by atoms with Gasteiger partial charge in [-0.1, -0.05) is 148 Å². The number of carbonyl (C=O) groups excluding carboxylic acids is 1. The van der Waals surface area contributed by atoms with Crippen molar-refractivity contribution in [2.24, 2.45) is 0 Å². The molecule has 6 heteroatoms. The van der Waals surface area contributed by atoms with E-state index in [-0.39, 0.29) is 12.3 Å². The van der Waals surface area contributed by atoms with E-state index in [1.54, 1.807) is 6.20 Å². The largest absolute Gasteiger partial charge is 0.480 e. The van der Waals surface area contributed by atoms with Crippen LogP contribution in [-0.4, -0.2) is 33.0 Å². The minimum absolute atomic E-state index is 0.180. The average Bonchev–Trinajstić information content (AvgIpc) is 3.42. The highest BCUT2D eigenvalue weighted by atomic mass is 16.4. The van der Waals surface area contributed by atoms with Gasteiger partial charge in [-0.25, -0.2) is 9.78 Å². The van der Waals surface area contributed by atoms with Crippen molar-refractivity contribution in [3.63, 3.8) is 0 Å². The van der Waals surface area contributed by atoms with E-state index in [0.29, 0.717) is 12.1 Å². The second-order valence-electron chi connectivity index (χ2n) is 11.3. The quantitative estimate of drug-likeness (QED) is 0.0937.